The summed E-state index contributed by atoms with van der Waals surface area (Å²) in [5, 5.41) is 0. The summed E-state index contributed by atoms with van der Waals surface area (Å²) in [5.74, 6) is -0.0618. The molecular formula is C16H11F3O3S. The second kappa shape index (κ2) is 5.42. The molecule has 3 rings (SSSR count). The molecule has 0 aliphatic carbocycles. The summed E-state index contributed by atoms with van der Waals surface area (Å²) in [7, 11) is -3.69. The summed E-state index contributed by atoms with van der Waals surface area (Å²) in [6.07, 6.45) is -1.27. The van der Waals surface area contributed by atoms with Gasteiger partial charge in [0.05, 0.1) is 5.56 Å². The Balaban J connectivity index is 1.99. The van der Waals surface area contributed by atoms with Crippen LogP contribution in [0.15, 0.2) is 48.5 Å². The molecule has 0 N–H and O–H groups in total. The molecule has 0 saturated carbocycles. The highest BCUT2D eigenvalue weighted by molar-refractivity contribution is 7.87. The lowest BCUT2D eigenvalue weighted by molar-refractivity contribution is -0.137. The molecule has 0 fully saturated rings. The predicted octanol–water partition coefficient (Wildman–Crippen LogP) is 4.11. The van der Waals surface area contributed by atoms with E-state index >= 15 is 0 Å². The van der Waals surface area contributed by atoms with E-state index in [1.54, 1.807) is 18.2 Å². The average Bonchev–Trinajstić information content (AvgIpc) is 2.62. The maximum absolute atomic E-state index is 12.6. The molecule has 7 heteroatoms. The van der Waals surface area contributed by atoms with Gasteiger partial charge >= 0.3 is 16.3 Å². The quantitative estimate of drug-likeness (QED) is 0.734. The predicted molar refractivity (Wildman–Crippen MR) is 80.3 cm³/mol. The average molecular weight is 340 g/mol. The largest absolute Gasteiger partial charge is 0.416 e. The van der Waals surface area contributed by atoms with E-state index in [-0.39, 0.29) is 11.5 Å². The zero-order chi connectivity index (χ0) is 16.7. The summed E-state index contributed by atoms with van der Waals surface area (Å²) >= 11 is 0. The van der Waals surface area contributed by atoms with Crippen molar-refractivity contribution in [3.05, 3.63) is 59.7 Å². The number of benzene rings is 2. The minimum absolute atomic E-state index is 0.163. The molecule has 0 atom stereocenters. The Labute approximate surface area is 131 Å². The number of alkyl halides is 3. The lowest BCUT2D eigenvalue weighted by Gasteiger charge is -2.10. The molecule has 23 heavy (non-hydrogen) atoms. The van der Waals surface area contributed by atoms with Crippen LogP contribution in [0.3, 0.4) is 0 Å². The van der Waals surface area contributed by atoms with Crippen molar-refractivity contribution in [2.75, 3.05) is 5.75 Å². The second-order valence-electron chi connectivity index (χ2n) is 5.04. The van der Waals surface area contributed by atoms with Gasteiger partial charge in [0.15, 0.2) is 0 Å². The van der Waals surface area contributed by atoms with Crippen LogP contribution < -0.4 is 4.18 Å². The molecule has 120 valence electrons. The van der Waals surface area contributed by atoms with Crippen molar-refractivity contribution in [2.24, 2.45) is 0 Å². The molecule has 3 nitrogen and oxygen atoms in total. The molecule has 0 saturated heterocycles. The van der Waals surface area contributed by atoms with E-state index in [1.807, 2.05) is 0 Å². The Hall–Kier alpha value is -2.28. The summed E-state index contributed by atoms with van der Waals surface area (Å²) in [6.45, 7) is 0. The van der Waals surface area contributed by atoms with Crippen LogP contribution in [0.2, 0.25) is 0 Å². The molecule has 0 spiro atoms. The highest BCUT2D eigenvalue weighted by Gasteiger charge is 2.30. The van der Waals surface area contributed by atoms with E-state index in [2.05, 4.69) is 0 Å². The summed E-state index contributed by atoms with van der Waals surface area (Å²) < 4.78 is 66.0. The Kier molecular flexibility index (Phi) is 3.68. The van der Waals surface area contributed by atoms with Crippen LogP contribution in [0.4, 0.5) is 13.2 Å². The van der Waals surface area contributed by atoms with Gasteiger partial charge in [0.2, 0.25) is 0 Å². The molecule has 1 aliphatic rings. The Morgan fingerprint density at radius 3 is 2.26 bits per heavy atom. The molecule has 0 radical (unpaired) electrons. The van der Waals surface area contributed by atoms with Gasteiger partial charge in [0.25, 0.3) is 0 Å². The van der Waals surface area contributed by atoms with Gasteiger partial charge in [-0.2, -0.15) is 21.6 Å². The topological polar surface area (TPSA) is 43.4 Å². The van der Waals surface area contributed by atoms with E-state index in [0.29, 0.717) is 16.7 Å². The minimum atomic E-state index is -4.39. The van der Waals surface area contributed by atoms with Gasteiger partial charge in [-0.1, -0.05) is 36.4 Å². The maximum atomic E-state index is 12.6. The lowest BCUT2D eigenvalue weighted by atomic mass is 10.0. The van der Waals surface area contributed by atoms with Gasteiger partial charge in [0.1, 0.15) is 11.5 Å². The molecule has 0 bridgehead atoms. The van der Waals surface area contributed by atoms with E-state index in [9.17, 15) is 21.6 Å². The summed E-state index contributed by atoms with van der Waals surface area (Å²) in [4.78, 5) is 0. The number of hydrogen-bond acceptors (Lipinski definition) is 3. The molecule has 0 amide bonds. The summed E-state index contributed by atoms with van der Waals surface area (Å²) in [5.41, 5.74) is 0.970. The summed E-state index contributed by atoms with van der Waals surface area (Å²) in [6, 6.07) is 9.52. The smallest absolute Gasteiger partial charge is 0.382 e. The van der Waals surface area contributed by atoms with E-state index < -0.39 is 21.9 Å². The van der Waals surface area contributed by atoms with Crippen LogP contribution >= 0.6 is 0 Å². The molecule has 1 heterocycles. The third-order valence-electron chi connectivity index (χ3n) is 3.37. The first-order chi connectivity index (χ1) is 10.7. The van der Waals surface area contributed by atoms with E-state index in [4.69, 9.17) is 4.18 Å². The van der Waals surface area contributed by atoms with Gasteiger partial charge < -0.3 is 4.18 Å². The van der Waals surface area contributed by atoms with Crippen LogP contribution in [-0.4, -0.2) is 14.2 Å². The lowest BCUT2D eigenvalue weighted by Crippen LogP contribution is -2.11. The van der Waals surface area contributed by atoms with Gasteiger partial charge in [-0.3, -0.25) is 0 Å². The van der Waals surface area contributed by atoms with Gasteiger partial charge in [-0.15, -0.1) is 0 Å². The van der Waals surface area contributed by atoms with Crippen LogP contribution in [0.25, 0.3) is 17.2 Å². The van der Waals surface area contributed by atoms with Crippen molar-refractivity contribution in [3.63, 3.8) is 0 Å². The first kappa shape index (κ1) is 15.6. The van der Waals surface area contributed by atoms with Crippen LogP contribution in [0.5, 0.6) is 5.75 Å². The molecule has 0 unspecified atom stereocenters. The highest BCUT2D eigenvalue weighted by atomic mass is 32.2. The van der Waals surface area contributed by atoms with Crippen molar-refractivity contribution >= 4 is 16.2 Å². The standard InChI is InChI=1S/C16H11F3O3S/c17-16(18,19)14-7-5-11(6-8-14)13-4-3-12-2-1-9-23(20,21)22-15(12)10-13/h1-8,10H,9H2. The molecule has 1 aliphatic heterocycles. The van der Waals surface area contributed by atoms with Crippen molar-refractivity contribution in [2.45, 2.75) is 6.18 Å². The van der Waals surface area contributed by atoms with Crippen molar-refractivity contribution in [1.82, 2.24) is 0 Å². The van der Waals surface area contributed by atoms with Gasteiger partial charge in [-0.25, -0.2) is 0 Å². The number of halogens is 3. The minimum Gasteiger partial charge on any atom is -0.382 e. The fourth-order valence-electron chi connectivity index (χ4n) is 2.24. The van der Waals surface area contributed by atoms with Crippen molar-refractivity contribution in [3.8, 4) is 16.9 Å². The molecule has 0 aromatic heterocycles. The fraction of sp³-hybridized carbons (Fsp3) is 0.125. The van der Waals surface area contributed by atoms with Crippen LogP contribution in [-0.2, 0) is 16.3 Å². The first-order valence-electron chi connectivity index (χ1n) is 6.65. The zero-order valence-corrected chi connectivity index (χ0v) is 12.5. The maximum Gasteiger partial charge on any atom is 0.416 e. The third kappa shape index (κ3) is 3.39. The number of hydrogen-bond donors (Lipinski definition) is 0. The fourth-order valence-corrected chi connectivity index (χ4v) is 3.06. The Bertz CT molecular complexity index is 866. The molecule has 2 aromatic rings. The van der Waals surface area contributed by atoms with Crippen LogP contribution in [0.1, 0.15) is 11.1 Å². The third-order valence-corrected chi connectivity index (χ3v) is 4.41. The van der Waals surface area contributed by atoms with Crippen molar-refractivity contribution in [1.29, 1.82) is 0 Å². The zero-order valence-electron chi connectivity index (χ0n) is 11.7. The SMILES string of the molecule is O=S1(=O)CC=Cc2ccc(-c3ccc(C(F)(F)F)cc3)cc2O1. The normalized spacial score (nSPS) is 16.3. The molecule has 2 aromatic carbocycles. The highest BCUT2D eigenvalue weighted by Crippen LogP contribution is 2.33. The van der Waals surface area contributed by atoms with E-state index in [0.717, 1.165) is 12.1 Å². The number of fused-ring (bicyclic) bond motifs is 1. The Morgan fingerprint density at radius 2 is 1.61 bits per heavy atom. The van der Waals surface area contributed by atoms with E-state index in [1.165, 1.54) is 24.3 Å². The van der Waals surface area contributed by atoms with Gasteiger partial charge in [-0.05, 0) is 29.3 Å². The van der Waals surface area contributed by atoms with Crippen LogP contribution in [0, 0.1) is 0 Å². The second-order valence-corrected chi connectivity index (χ2v) is 6.65. The van der Waals surface area contributed by atoms with Crippen molar-refractivity contribution < 1.29 is 25.8 Å². The first-order valence-corrected chi connectivity index (χ1v) is 8.23. The number of rotatable bonds is 1. The monoisotopic (exact) mass is 340 g/mol. The van der Waals surface area contributed by atoms with Gasteiger partial charge in [0, 0.05) is 5.56 Å². The molecular weight excluding hydrogens is 329 g/mol. The Morgan fingerprint density at radius 1 is 0.957 bits per heavy atom.